The van der Waals surface area contributed by atoms with E-state index in [4.69, 9.17) is 0 Å². The van der Waals surface area contributed by atoms with E-state index >= 15 is 0 Å². The molecule has 0 N–H and O–H groups in total. The van der Waals surface area contributed by atoms with Gasteiger partial charge in [-0.25, -0.2) is 16.8 Å². The van der Waals surface area contributed by atoms with Crippen molar-refractivity contribution >= 4 is 36.5 Å². The van der Waals surface area contributed by atoms with Gasteiger partial charge >= 0.3 is 0 Å². The minimum absolute atomic E-state index is 0.0918. The molecule has 1 atom stereocenters. The Labute approximate surface area is 183 Å². The summed E-state index contributed by atoms with van der Waals surface area (Å²) in [4.78, 5) is 16.4. The van der Waals surface area contributed by atoms with E-state index < -0.39 is 19.9 Å². The largest absolute Gasteiger partial charge is 0.339 e. The molecule has 0 aromatic heterocycles. The molecule has 2 saturated heterocycles. The molecule has 10 heteroatoms. The Kier molecular flexibility index (Phi) is 6.08. The number of carbonyl (C=O) groups excluding carboxylic acids is 1. The van der Waals surface area contributed by atoms with Gasteiger partial charge < -0.3 is 4.90 Å². The van der Waals surface area contributed by atoms with Crippen LogP contribution in [-0.2, 0) is 24.7 Å². The molecule has 0 spiro atoms. The Morgan fingerprint density at radius 2 is 1.74 bits per heavy atom. The van der Waals surface area contributed by atoms with Crippen molar-refractivity contribution in [3.8, 4) is 0 Å². The molecule has 2 aliphatic rings. The molecular formula is C21H27N3O5S2. The third-order valence-corrected chi connectivity index (χ3v) is 9.81. The van der Waals surface area contributed by atoms with E-state index in [1.807, 2.05) is 24.3 Å². The average molecular weight is 466 g/mol. The van der Waals surface area contributed by atoms with E-state index in [0.29, 0.717) is 19.5 Å². The zero-order valence-corrected chi connectivity index (χ0v) is 19.1. The van der Waals surface area contributed by atoms with E-state index in [2.05, 4.69) is 0 Å². The lowest BCUT2D eigenvalue weighted by Gasteiger charge is -2.35. The van der Waals surface area contributed by atoms with Crippen LogP contribution < -0.4 is 0 Å². The molecule has 2 aromatic rings. The maximum Gasteiger partial charge on any atom is 0.243 e. The van der Waals surface area contributed by atoms with Crippen LogP contribution in [0.2, 0.25) is 0 Å². The van der Waals surface area contributed by atoms with E-state index in [9.17, 15) is 21.6 Å². The normalized spacial score (nSPS) is 22.3. The quantitative estimate of drug-likeness (QED) is 0.648. The lowest BCUT2D eigenvalue weighted by atomic mass is 10.1. The molecule has 0 saturated carbocycles. The summed E-state index contributed by atoms with van der Waals surface area (Å²) in [5.41, 5.74) is 0. The molecule has 2 fully saturated rings. The Hall–Kier alpha value is -2.01. The van der Waals surface area contributed by atoms with E-state index in [-0.39, 0.29) is 48.0 Å². The lowest BCUT2D eigenvalue weighted by molar-refractivity contribution is -0.133. The van der Waals surface area contributed by atoms with Gasteiger partial charge in [0.2, 0.25) is 15.9 Å². The summed E-state index contributed by atoms with van der Waals surface area (Å²) in [5.74, 6) is 0.158. The topological polar surface area (TPSA) is 95.1 Å². The first-order valence-electron chi connectivity index (χ1n) is 10.3. The number of fused-ring (bicyclic) bond motifs is 1. The summed E-state index contributed by atoms with van der Waals surface area (Å²) in [6.45, 7) is 1.26. The highest BCUT2D eigenvalue weighted by atomic mass is 32.2. The third-order valence-electron chi connectivity index (χ3n) is 6.17. The van der Waals surface area contributed by atoms with E-state index in [1.165, 1.54) is 4.31 Å². The number of piperazine rings is 1. The zero-order chi connectivity index (χ0) is 22.2. The molecule has 0 unspecified atom stereocenters. The van der Waals surface area contributed by atoms with Gasteiger partial charge in [0, 0.05) is 32.2 Å². The molecule has 8 nitrogen and oxygen atoms in total. The highest BCUT2D eigenvalue weighted by Gasteiger charge is 2.34. The molecule has 4 rings (SSSR count). The first-order valence-corrected chi connectivity index (χ1v) is 13.6. The fourth-order valence-corrected chi connectivity index (χ4v) is 7.48. The van der Waals surface area contributed by atoms with Gasteiger partial charge in [-0.2, -0.15) is 4.31 Å². The molecule has 0 bridgehead atoms. The van der Waals surface area contributed by atoms with Crippen LogP contribution in [0.3, 0.4) is 0 Å². The van der Waals surface area contributed by atoms with Crippen molar-refractivity contribution in [1.82, 2.24) is 14.1 Å². The number of carbonyl (C=O) groups is 1. The van der Waals surface area contributed by atoms with Gasteiger partial charge in [0.05, 0.1) is 22.9 Å². The Bertz CT molecular complexity index is 1190. The molecule has 2 heterocycles. The second kappa shape index (κ2) is 8.50. The number of nitrogens with zero attached hydrogens (tertiary/aromatic N) is 3. The van der Waals surface area contributed by atoms with Gasteiger partial charge in [-0.1, -0.05) is 30.3 Å². The van der Waals surface area contributed by atoms with Crippen molar-refractivity contribution in [2.45, 2.75) is 17.4 Å². The fraction of sp³-hybridized carbons (Fsp3) is 0.476. The molecule has 0 radical (unpaired) electrons. The summed E-state index contributed by atoms with van der Waals surface area (Å²) >= 11 is 0. The molecule has 2 aliphatic heterocycles. The summed E-state index contributed by atoms with van der Waals surface area (Å²) in [7, 11) is -4.87. The second-order valence-electron chi connectivity index (χ2n) is 8.27. The van der Waals surface area contributed by atoms with Gasteiger partial charge in [0.25, 0.3) is 0 Å². The first kappa shape index (κ1) is 22.2. The van der Waals surface area contributed by atoms with Crippen molar-refractivity contribution in [3.63, 3.8) is 0 Å². The van der Waals surface area contributed by atoms with Crippen LogP contribution in [0, 0.1) is 0 Å². The summed E-state index contributed by atoms with van der Waals surface area (Å²) in [6.07, 6.45) is 0.546. The Balaban J connectivity index is 1.36. The van der Waals surface area contributed by atoms with Crippen molar-refractivity contribution in [2.24, 2.45) is 0 Å². The number of hydrogen-bond acceptors (Lipinski definition) is 6. The first-order chi connectivity index (χ1) is 14.7. The van der Waals surface area contributed by atoms with Gasteiger partial charge in [0.1, 0.15) is 0 Å². The highest BCUT2D eigenvalue weighted by molar-refractivity contribution is 7.91. The Morgan fingerprint density at radius 1 is 1.06 bits per heavy atom. The van der Waals surface area contributed by atoms with Gasteiger partial charge in [-0.15, -0.1) is 0 Å². The van der Waals surface area contributed by atoms with E-state index in [0.717, 1.165) is 10.8 Å². The predicted molar refractivity (Wildman–Crippen MR) is 119 cm³/mol. The van der Waals surface area contributed by atoms with Crippen molar-refractivity contribution < 1.29 is 21.6 Å². The van der Waals surface area contributed by atoms with Gasteiger partial charge in [0.15, 0.2) is 9.84 Å². The maximum atomic E-state index is 13.1. The van der Waals surface area contributed by atoms with Crippen molar-refractivity contribution in [2.75, 3.05) is 51.3 Å². The minimum Gasteiger partial charge on any atom is -0.339 e. The van der Waals surface area contributed by atoms with Gasteiger partial charge in [-0.3, -0.25) is 9.69 Å². The molecule has 0 aliphatic carbocycles. The molecule has 1 amide bonds. The van der Waals surface area contributed by atoms with E-state index in [1.54, 1.807) is 35.0 Å². The molecular weight excluding hydrogens is 438 g/mol. The van der Waals surface area contributed by atoms with Gasteiger partial charge in [-0.05, 0) is 36.4 Å². The standard InChI is InChI=1S/C21H27N3O5S2/c1-22(19-8-13-30(26,27)16-19)15-21(25)23-9-11-24(12-10-23)31(28,29)20-7-6-17-4-2-3-5-18(17)14-20/h2-7,14,19H,8-13,15-16H2,1H3/t19-/m1/s1. The number of benzene rings is 2. The SMILES string of the molecule is CN(CC(=O)N1CCN(S(=O)(=O)c2ccc3ccccc3c2)CC1)[C@@H]1CCS(=O)(=O)C1. The minimum atomic E-state index is -3.63. The van der Waals surface area contributed by atoms with Crippen molar-refractivity contribution in [3.05, 3.63) is 42.5 Å². The lowest BCUT2D eigenvalue weighted by Crippen LogP contribution is -2.53. The second-order valence-corrected chi connectivity index (χ2v) is 12.4. The summed E-state index contributed by atoms with van der Waals surface area (Å²) < 4.78 is 50.9. The zero-order valence-electron chi connectivity index (χ0n) is 17.5. The maximum absolute atomic E-state index is 13.1. The number of hydrogen-bond donors (Lipinski definition) is 0. The average Bonchev–Trinajstić information content (AvgIpc) is 3.13. The Morgan fingerprint density at radius 3 is 2.39 bits per heavy atom. The number of amides is 1. The number of rotatable bonds is 5. The van der Waals surface area contributed by atoms with Crippen LogP contribution in [0.25, 0.3) is 10.8 Å². The highest BCUT2D eigenvalue weighted by Crippen LogP contribution is 2.23. The van der Waals surface area contributed by atoms with Crippen LogP contribution in [0.1, 0.15) is 6.42 Å². The van der Waals surface area contributed by atoms with Crippen LogP contribution >= 0.6 is 0 Å². The number of sulfonamides is 1. The van der Waals surface area contributed by atoms with Crippen LogP contribution in [0.4, 0.5) is 0 Å². The van der Waals surface area contributed by atoms with Crippen molar-refractivity contribution in [1.29, 1.82) is 0 Å². The number of likely N-dealkylation sites (N-methyl/N-ethyl adjacent to an activating group) is 1. The van der Waals surface area contributed by atoms with Crippen LogP contribution in [0.15, 0.2) is 47.4 Å². The van der Waals surface area contributed by atoms with Crippen LogP contribution in [0.5, 0.6) is 0 Å². The van der Waals surface area contributed by atoms with Crippen LogP contribution in [-0.4, -0.2) is 94.2 Å². The molecule has 2 aromatic carbocycles. The fourth-order valence-electron chi connectivity index (χ4n) is 4.22. The molecule has 168 valence electrons. The third kappa shape index (κ3) is 4.77. The monoisotopic (exact) mass is 465 g/mol. The summed E-state index contributed by atoms with van der Waals surface area (Å²) in [6, 6.07) is 12.6. The smallest absolute Gasteiger partial charge is 0.243 e. The number of sulfone groups is 1. The summed E-state index contributed by atoms with van der Waals surface area (Å²) in [5, 5.41) is 1.85. The predicted octanol–water partition coefficient (Wildman–Crippen LogP) is 0.792. The molecule has 31 heavy (non-hydrogen) atoms.